The van der Waals surface area contributed by atoms with Gasteiger partial charge >= 0.3 is 52.4 Å². The summed E-state index contributed by atoms with van der Waals surface area (Å²) in [5, 5.41) is 9.06. The summed E-state index contributed by atoms with van der Waals surface area (Å²) in [7, 11) is 0.128. The van der Waals surface area contributed by atoms with Gasteiger partial charge in [0, 0.05) is 0 Å². The van der Waals surface area contributed by atoms with Gasteiger partial charge in [0.05, 0.1) is 0 Å². The molecule has 2 atom stereocenters. The van der Waals surface area contributed by atoms with Crippen LogP contribution in [0.3, 0.4) is 0 Å². The monoisotopic (exact) mass is 1150 g/mol. The van der Waals surface area contributed by atoms with Crippen LogP contribution in [0, 0.1) is 24.0 Å². The van der Waals surface area contributed by atoms with Gasteiger partial charge in [0.25, 0.3) is 0 Å². The summed E-state index contributed by atoms with van der Waals surface area (Å²) in [4.78, 5) is 0. The van der Waals surface area contributed by atoms with Gasteiger partial charge in [-0.3, -0.25) is 12.2 Å². The van der Waals surface area contributed by atoms with Crippen molar-refractivity contribution in [3.05, 3.63) is 120 Å². The fraction of sp³-hybridized carbons (Fsp3) is 0.581. The topological polar surface area (TPSA) is 0 Å². The van der Waals surface area contributed by atoms with Crippen LogP contribution < -0.4 is 35.4 Å². The third kappa shape index (κ3) is 28.9. The van der Waals surface area contributed by atoms with E-state index in [1.54, 1.807) is 10.6 Å². The van der Waals surface area contributed by atoms with E-state index in [0.29, 0.717) is 0 Å². The zero-order valence-electron chi connectivity index (χ0n) is 44.4. The quantitative estimate of drug-likeness (QED) is 0.0302. The number of hydrogen-bond donors (Lipinski definition) is 0. The molecule has 0 bridgehead atoms. The van der Waals surface area contributed by atoms with Gasteiger partial charge in [-0.15, -0.1) is 93.5 Å². The molecule has 2 unspecified atom stereocenters. The Morgan fingerprint density at radius 3 is 1.04 bits per heavy atom. The fourth-order valence-electron chi connectivity index (χ4n) is 8.99. The predicted octanol–water partition coefficient (Wildman–Crippen LogP) is 13.9. The molecule has 68 heavy (non-hydrogen) atoms. The molecule has 0 saturated carbocycles. The summed E-state index contributed by atoms with van der Waals surface area (Å²) >= 11 is 0. The number of allylic oxidation sites excluding steroid dienone is 8. The first-order valence-electron chi connectivity index (χ1n) is 26.7. The van der Waals surface area contributed by atoms with Crippen LogP contribution in [0.2, 0.25) is 0 Å². The maximum Gasteiger partial charge on any atom is 2.00 e. The Morgan fingerprint density at radius 1 is 0.456 bits per heavy atom. The van der Waals surface area contributed by atoms with E-state index in [0.717, 1.165) is 24.7 Å². The molecule has 0 N–H and O–H groups in total. The van der Waals surface area contributed by atoms with Crippen LogP contribution in [0.25, 0.3) is 21.5 Å². The average molecular weight is 1150 g/mol. The van der Waals surface area contributed by atoms with E-state index < -0.39 is 0 Å². The van der Waals surface area contributed by atoms with E-state index in [1.165, 1.54) is 186 Å². The second kappa shape index (κ2) is 45.4. The van der Waals surface area contributed by atoms with E-state index in [4.69, 9.17) is 0 Å². The minimum Gasteiger partial charge on any atom is -1.00 e. The molecule has 4 aromatic rings. The normalized spacial score (nSPS) is 13.1. The van der Waals surface area contributed by atoms with Crippen molar-refractivity contribution in [1.29, 1.82) is 0 Å². The molecular formula is C62H94Cl2P2Zr2-2. The molecule has 2 aliphatic carbocycles. The van der Waals surface area contributed by atoms with Gasteiger partial charge in [0.2, 0.25) is 0 Å². The Labute approximate surface area is 474 Å². The largest absolute Gasteiger partial charge is 2.00 e. The molecule has 0 heterocycles. The van der Waals surface area contributed by atoms with Crippen LogP contribution in [-0.4, -0.2) is 24.6 Å². The van der Waals surface area contributed by atoms with Gasteiger partial charge < -0.3 is 24.8 Å². The predicted molar refractivity (Wildman–Crippen MR) is 297 cm³/mol. The zero-order chi connectivity index (χ0) is 46.0. The summed E-state index contributed by atoms with van der Waals surface area (Å²) in [6, 6.07) is 27.6. The van der Waals surface area contributed by atoms with Crippen molar-refractivity contribution < 1.29 is 77.2 Å². The molecule has 4 aromatic carbocycles. The SMILES string of the molecule is CCCC(C)C1=[C-]CC=C1.CCCC(C)C1=[C-]CC=C1.CCCCCCP(CCCCCC)c1cc2ccccc2[cH-]1.CCCCCCP(CCCCCC)c1cc2ccccc2[cH-]1.[Cl-].[Cl-].[Zr+2].[Zr+2]. The van der Waals surface area contributed by atoms with Gasteiger partial charge in [-0.1, -0.05) is 185 Å². The number of rotatable bonds is 28. The van der Waals surface area contributed by atoms with E-state index in [9.17, 15) is 0 Å². The van der Waals surface area contributed by atoms with Crippen LogP contribution >= 0.6 is 15.8 Å². The number of halogens is 2. The van der Waals surface area contributed by atoms with Crippen molar-refractivity contribution in [1.82, 2.24) is 0 Å². The smallest absolute Gasteiger partial charge is 1.00 e. The van der Waals surface area contributed by atoms with Crippen molar-refractivity contribution >= 4 is 48.0 Å². The molecule has 0 radical (unpaired) electrons. The first kappa shape index (κ1) is 69.9. The van der Waals surface area contributed by atoms with Gasteiger partial charge in [0.1, 0.15) is 0 Å². The van der Waals surface area contributed by atoms with Crippen molar-refractivity contribution in [2.24, 2.45) is 11.8 Å². The van der Waals surface area contributed by atoms with Crippen molar-refractivity contribution in [2.75, 3.05) is 24.6 Å². The van der Waals surface area contributed by atoms with E-state index >= 15 is 0 Å². The minimum absolute atomic E-state index is 0. The van der Waals surface area contributed by atoms with E-state index in [-0.39, 0.29) is 93.1 Å². The molecular weight excluding hydrogens is 1060 g/mol. The summed E-state index contributed by atoms with van der Waals surface area (Å²) in [5.74, 6) is 1.45. The van der Waals surface area contributed by atoms with Crippen LogP contribution in [0.15, 0.2) is 108 Å². The molecule has 0 saturated heterocycles. The Balaban J connectivity index is 0. The Hall–Kier alpha value is -0.174. The first-order chi connectivity index (χ1) is 31.4. The van der Waals surface area contributed by atoms with Crippen LogP contribution in [0.5, 0.6) is 0 Å². The third-order valence-corrected chi connectivity index (χ3v) is 18.4. The maximum absolute atomic E-state index is 3.35. The molecule has 0 nitrogen and oxygen atoms in total. The molecule has 6 heteroatoms. The number of fused-ring (bicyclic) bond motifs is 2. The second-order valence-electron chi connectivity index (χ2n) is 18.8. The number of benzene rings is 2. The summed E-state index contributed by atoms with van der Waals surface area (Å²) in [6.45, 7) is 18.2. The van der Waals surface area contributed by atoms with E-state index in [2.05, 4.69) is 165 Å². The van der Waals surface area contributed by atoms with Crippen LogP contribution in [-0.2, 0) is 52.4 Å². The first-order valence-corrected chi connectivity index (χ1v) is 30.2. The van der Waals surface area contributed by atoms with Gasteiger partial charge in [0.15, 0.2) is 0 Å². The molecule has 0 fully saturated rings. The van der Waals surface area contributed by atoms with Crippen molar-refractivity contribution in [3.8, 4) is 0 Å². The molecule has 0 spiro atoms. The third-order valence-electron chi connectivity index (χ3n) is 13.0. The molecule has 0 aliphatic heterocycles. The van der Waals surface area contributed by atoms with Crippen LogP contribution in [0.1, 0.15) is 197 Å². The molecule has 6 rings (SSSR count). The number of hydrogen-bond acceptors (Lipinski definition) is 0. The zero-order valence-corrected chi connectivity index (χ0v) is 52.6. The summed E-state index contributed by atoms with van der Waals surface area (Å²) in [5.41, 5.74) is 2.84. The van der Waals surface area contributed by atoms with Crippen molar-refractivity contribution in [2.45, 2.75) is 197 Å². The van der Waals surface area contributed by atoms with Crippen LogP contribution in [0.4, 0.5) is 0 Å². The Morgan fingerprint density at radius 2 is 0.779 bits per heavy atom. The van der Waals surface area contributed by atoms with E-state index in [1.807, 2.05) is 0 Å². The minimum atomic E-state index is 0. The Kier molecular flexibility index (Phi) is 46.7. The summed E-state index contributed by atoms with van der Waals surface area (Å²) in [6.07, 6.45) is 50.8. The molecule has 0 aromatic heterocycles. The maximum atomic E-state index is 3.35. The van der Waals surface area contributed by atoms with Gasteiger partial charge in [-0.05, 0) is 63.2 Å². The molecule has 2 aliphatic rings. The average Bonchev–Trinajstić information content (AvgIpc) is 4.17. The molecule has 0 amide bonds. The second-order valence-corrected chi connectivity index (χ2v) is 23.7. The summed E-state index contributed by atoms with van der Waals surface area (Å²) < 4.78 is 0. The fourth-order valence-corrected chi connectivity index (χ4v) is 14.2. The molecule has 376 valence electrons. The Bertz CT molecular complexity index is 1660. The van der Waals surface area contributed by atoms with Gasteiger partial charge in [-0.2, -0.15) is 24.3 Å². The number of unbranched alkanes of at least 4 members (excludes halogenated alkanes) is 12. The van der Waals surface area contributed by atoms with Crippen molar-refractivity contribution in [3.63, 3.8) is 0 Å². The van der Waals surface area contributed by atoms with Gasteiger partial charge in [-0.25, -0.2) is 23.3 Å². The standard InChI is InChI=1S/2C21H32P.2C10H15.2ClH.2Zr/c2*1-3-5-7-11-15-22(16-12-8-6-4-2)21-17-19-13-9-10-14-20(19)18-21;2*1-3-6-9(2)10-7-4-5-8-10;;;;/h2*9-10,13-14,17-18H,3-8,11-12,15-16H2,1-2H3;2*4,7,9H,3,5-6H2,1-2H3;2*1H;;/q4*-1;;;2*+2/p-2.